The molecule has 1 aromatic carbocycles. The molecule has 2 fully saturated rings. The lowest BCUT2D eigenvalue weighted by molar-refractivity contribution is -0.122. The van der Waals surface area contributed by atoms with Crippen molar-refractivity contribution in [1.29, 1.82) is 0 Å². The van der Waals surface area contributed by atoms with E-state index in [0.29, 0.717) is 36.0 Å². The fourth-order valence-electron chi connectivity index (χ4n) is 3.53. The van der Waals surface area contributed by atoms with Crippen LogP contribution in [0.15, 0.2) is 22.7 Å². The summed E-state index contributed by atoms with van der Waals surface area (Å²) in [7, 11) is 0. The molecule has 1 aromatic rings. The molecule has 3 rings (SSSR count). The fraction of sp³-hybridized carbons (Fsp3) is 0.562. The van der Waals surface area contributed by atoms with Crippen molar-refractivity contribution in [2.75, 3.05) is 0 Å². The lowest BCUT2D eigenvalue weighted by atomic mass is 9.89. The van der Waals surface area contributed by atoms with E-state index in [-0.39, 0.29) is 5.91 Å². The molecule has 2 heterocycles. The summed E-state index contributed by atoms with van der Waals surface area (Å²) in [5.74, 6) is 0.671. The van der Waals surface area contributed by atoms with Crippen molar-refractivity contribution in [3.05, 3.63) is 33.3 Å². The number of hydrogen-bond donors (Lipinski definition) is 2. The fourth-order valence-corrected chi connectivity index (χ4v) is 4.28. The Morgan fingerprint density at radius 2 is 2.05 bits per heavy atom. The first-order valence-corrected chi connectivity index (χ1v) is 8.74. The molecule has 0 aromatic heterocycles. The van der Waals surface area contributed by atoms with Gasteiger partial charge in [0.1, 0.15) is 0 Å². The summed E-state index contributed by atoms with van der Waals surface area (Å²) in [5.41, 5.74) is 0.957. The molecule has 2 aliphatic rings. The van der Waals surface area contributed by atoms with Gasteiger partial charge in [0.25, 0.3) is 0 Å². The topological polar surface area (TPSA) is 41.1 Å². The Morgan fingerprint density at radius 1 is 1.33 bits per heavy atom. The van der Waals surface area contributed by atoms with Crippen LogP contribution in [0, 0.1) is 5.92 Å². The molecule has 0 saturated carbocycles. The Bertz CT molecular complexity index is 525. The maximum absolute atomic E-state index is 12.1. The van der Waals surface area contributed by atoms with Crippen LogP contribution in [0.25, 0.3) is 0 Å². The van der Waals surface area contributed by atoms with Crippen molar-refractivity contribution in [2.24, 2.45) is 5.92 Å². The average Bonchev–Trinajstić information content (AvgIpc) is 2.77. The monoisotopic (exact) mass is 370 g/mol. The Labute approximate surface area is 139 Å². The van der Waals surface area contributed by atoms with Crippen LogP contribution in [-0.2, 0) is 11.3 Å². The van der Waals surface area contributed by atoms with Crippen LogP contribution in [0.5, 0.6) is 0 Å². The molecule has 5 heteroatoms. The number of carbonyl (C=O) groups excluding carboxylic acids is 1. The average molecular weight is 372 g/mol. The third-order valence-electron chi connectivity index (χ3n) is 4.54. The SMILES string of the molecule is O=C(CC1CC2CCC(C1)N2)NCc1ccc(Br)cc1Cl. The number of halogens is 2. The predicted molar refractivity (Wildman–Crippen MR) is 88.3 cm³/mol. The van der Waals surface area contributed by atoms with Crippen LogP contribution in [0.3, 0.4) is 0 Å². The smallest absolute Gasteiger partial charge is 0.220 e. The summed E-state index contributed by atoms with van der Waals surface area (Å²) in [4.78, 5) is 12.1. The highest BCUT2D eigenvalue weighted by Gasteiger charge is 2.34. The Balaban J connectivity index is 1.48. The molecule has 21 heavy (non-hydrogen) atoms. The first kappa shape index (κ1) is 15.3. The number of amides is 1. The van der Waals surface area contributed by atoms with E-state index in [1.165, 1.54) is 12.8 Å². The van der Waals surface area contributed by atoms with E-state index in [9.17, 15) is 4.79 Å². The molecule has 1 amide bonds. The molecule has 3 nitrogen and oxygen atoms in total. The predicted octanol–water partition coefficient (Wildman–Crippen LogP) is 3.64. The summed E-state index contributed by atoms with van der Waals surface area (Å²) in [6.45, 7) is 0.503. The van der Waals surface area contributed by atoms with Crippen LogP contribution in [-0.4, -0.2) is 18.0 Å². The van der Waals surface area contributed by atoms with E-state index in [1.807, 2.05) is 18.2 Å². The van der Waals surface area contributed by atoms with Crippen LogP contribution >= 0.6 is 27.5 Å². The van der Waals surface area contributed by atoms with E-state index in [2.05, 4.69) is 26.6 Å². The van der Waals surface area contributed by atoms with Crippen LogP contribution < -0.4 is 10.6 Å². The Hall–Kier alpha value is -0.580. The first-order chi connectivity index (χ1) is 10.1. The first-order valence-electron chi connectivity index (χ1n) is 7.57. The summed E-state index contributed by atoms with van der Waals surface area (Å²) in [6, 6.07) is 7.02. The molecule has 2 aliphatic heterocycles. The minimum absolute atomic E-state index is 0.139. The van der Waals surface area contributed by atoms with Gasteiger partial charge in [0.2, 0.25) is 5.91 Å². The number of piperidine rings is 1. The second kappa shape index (κ2) is 6.67. The molecular formula is C16H20BrClN2O. The summed E-state index contributed by atoms with van der Waals surface area (Å²) >= 11 is 9.54. The number of rotatable bonds is 4. The van der Waals surface area contributed by atoms with Crippen LogP contribution in [0.4, 0.5) is 0 Å². The normalized spacial score (nSPS) is 27.6. The van der Waals surface area contributed by atoms with Crippen LogP contribution in [0.1, 0.15) is 37.7 Å². The molecule has 0 radical (unpaired) electrons. The number of fused-ring (bicyclic) bond motifs is 2. The summed E-state index contributed by atoms with van der Waals surface area (Å²) in [5, 5.41) is 7.29. The standard InChI is InChI=1S/C16H20BrClN2O/c17-12-2-1-11(15(18)8-12)9-19-16(21)7-10-5-13-3-4-14(6-10)20-13/h1-2,8,10,13-14,20H,3-7,9H2,(H,19,21). The summed E-state index contributed by atoms with van der Waals surface area (Å²) in [6.07, 6.45) is 5.48. The number of benzene rings is 1. The van der Waals surface area contributed by atoms with Crippen molar-refractivity contribution >= 4 is 33.4 Å². The van der Waals surface area contributed by atoms with E-state index in [1.54, 1.807) is 0 Å². The second-order valence-electron chi connectivity index (χ2n) is 6.19. The third kappa shape index (κ3) is 3.99. The molecule has 2 N–H and O–H groups in total. The van der Waals surface area contributed by atoms with Crippen LogP contribution in [0.2, 0.25) is 5.02 Å². The van der Waals surface area contributed by atoms with E-state index >= 15 is 0 Å². The lowest BCUT2D eigenvalue weighted by Crippen LogP contribution is -2.39. The van der Waals surface area contributed by atoms with E-state index in [0.717, 1.165) is 22.9 Å². The van der Waals surface area contributed by atoms with Gasteiger partial charge in [0.15, 0.2) is 0 Å². The second-order valence-corrected chi connectivity index (χ2v) is 7.51. The van der Waals surface area contributed by atoms with Crippen molar-refractivity contribution in [3.8, 4) is 0 Å². The zero-order valence-electron chi connectivity index (χ0n) is 11.9. The molecule has 2 saturated heterocycles. The van der Waals surface area contributed by atoms with Gasteiger partial charge in [-0.1, -0.05) is 33.6 Å². The molecule has 114 valence electrons. The molecule has 2 unspecified atom stereocenters. The van der Waals surface area contributed by atoms with Crippen molar-refractivity contribution < 1.29 is 4.79 Å². The van der Waals surface area contributed by atoms with Crippen molar-refractivity contribution in [3.63, 3.8) is 0 Å². The van der Waals surface area contributed by atoms with Gasteiger partial charge < -0.3 is 10.6 Å². The van der Waals surface area contributed by atoms with Gasteiger partial charge in [-0.05, 0) is 49.3 Å². The molecular weight excluding hydrogens is 352 g/mol. The minimum Gasteiger partial charge on any atom is -0.352 e. The quantitative estimate of drug-likeness (QED) is 0.848. The Kier molecular flexibility index (Phi) is 4.87. The van der Waals surface area contributed by atoms with Gasteiger partial charge in [0, 0.05) is 34.5 Å². The highest BCUT2D eigenvalue weighted by atomic mass is 79.9. The lowest BCUT2D eigenvalue weighted by Gasteiger charge is -2.28. The highest BCUT2D eigenvalue weighted by Crippen LogP contribution is 2.32. The zero-order valence-corrected chi connectivity index (χ0v) is 14.2. The molecule has 2 bridgehead atoms. The van der Waals surface area contributed by atoms with E-state index < -0.39 is 0 Å². The molecule has 0 spiro atoms. The molecule has 2 atom stereocenters. The minimum atomic E-state index is 0.139. The van der Waals surface area contributed by atoms with E-state index in [4.69, 9.17) is 11.6 Å². The van der Waals surface area contributed by atoms with Gasteiger partial charge in [-0.2, -0.15) is 0 Å². The van der Waals surface area contributed by atoms with Gasteiger partial charge in [0.05, 0.1) is 0 Å². The summed E-state index contributed by atoms with van der Waals surface area (Å²) < 4.78 is 0.952. The largest absolute Gasteiger partial charge is 0.352 e. The highest BCUT2D eigenvalue weighted by molar-refractivity contribution is 9.10. The van der Waals surface area contributed by atoms with Gasteiger partial charge in [-0.15, -0.1) is 0 Å². The molecule has 0 aliphatic carbocycles. The van der Waals surface area contributed by atoms with Gasteiger partial charge in [-0.25, -0.2) is 0 Å². The zero-order chi connectivity index (χ0) is 14.8. The van der Waals surface area contributed by atoms with Gasteiger partial charge >= 0.3 is 0 Å². The van der Waals surface area contributed by atoms with Gasteiger partial charge in [-0.3, -0.25) is 4.79 Å². The number of hydrogen-bond acceptors (Lipinski definition) is 2. The maximum atomic E-state index is 12.1. The Morgan fingerprint density at radius 3 is 2.71 bits per heavy atom. The number of carbonyl (C=O) groups is 1. The van der Waals surface area contributed by atoms with Crippen molar-refractivity contribution in [1.82, 2.24) is 10.6 Å². The van der Waals surface area contributed by atoms with Crippen molar-refractivity contribution in [2.45, 2.75) is 50.7 Å². The maximum Gasteiger partial charge on any atom is 0.220 e. The third-order valence-corrected chi connectivity index (χ3v) is 5.38. The number of nitrogens with one attached hydrogen (secondary N) is 2.